The molecule has 1 atom stereocenters. The van der Waals surface area contributed by atoms with E-state index in [1.807, 2.05) is 24.3 Å². The fourth-order valence-electron chi connectivity index (χ4n) is 2.90. The van der Waals surface area contributed by atoms with Crippen molar-refractivity contribution >= 4 is 23.3 Å². The molecule has 2 aromatic rings. The normalized spacial score (nSPS) is 17.0. The predicted molar refractivity (Wildman–Crippen MR) is 92.3 cm³/mol. The van der Waals surface area contributed by atoms with E-state index in [1.165, 1.54) is 0 Å². The fraction of sp³-hybridized carbons (Fsp3) is 0.389. The van der Waals surface area contributed by atoms with Gasteiger partial charge in [-0.3, -0.25) is 4.79 Å². The maximum absolute atomic E-state index is 12.4. The lowest BCUT2D eigenvalue weighted by Crippen LogP contribution is -2.21. The molecule has 1 aliphatic carbocycles. The molecule has 0 unspecified atom stereocenters. The Morgan fingerprint density at radius 3 is 3.00 bits per heavy atom. The van der Waals surface area contributed by atoms with Gasteiger partial charge in [0, 0.05) is 24.2 Å². The molecule has 0 saturated carbocycles. The number of Topliss-reactive ketones (excluding diaryl/α,β-unsaturated/α-hetero) is 1. The highest BCUT2D eigenvalue weighted by atomic mass is 35.5. The molecule has 0 bridgehead atoms. The van der Waals surface area contributed by atoms with Crippen LogP contribution in [0.15, 0.2) is 30.5 Å². The van der Waals surface area contributed by atoms with Crippen molar-refractivity contribution in [1.29, 1.82) is 0 Å². The van der Waals surface area contributed by atoms with Gasteiger partial charge in [-0.1, -0.05) is 37.1 Å². The van der Waals surface area contributed by atoms with Crippen molar-refractivity contribution in [3.8, 4) is 0 Å². The number of hydrogen-bond acceptors (Lipinski definition) is 4. The molecular formula is C18H20ClN3O. The highest BCUT2D eigenvalue weighted by molar-refractivity contribution is 6.30. The molecule has 5 heteroatoms. The average molecular weight is 330 g/mol. The summed E-state index contributed by atoms with van der Waals surface area (Å²) in [4.78, 5) is 21.2. The molecule has 1 aromatic heterocycles. The molecule has 23 heavy (non-hydrogen) atoms. The molecule has 1 N–H and O–H groups in total. The predicted octanol–water partition coefficient (Wildman–Crippen LogP) is 4.25. The van der Waals surface area contributed by atoms with Crippen molar-refractivity contribution in [3.05, 3.63) is 52.3 Å². The Kier molecular flexibility index (Phi) is 4.91. The van der Waals surface area contributed by atoms with E-state index in [-0.39, 0.29) is 11.7 Å². The Morgan fingerprint density at radius 2 is 2.22 bits per heavy atom. The van der Waals surface area contributed by atoms with Crippen LogP contribution >= 0.6 is 11.6 Å². The first kappa shape index (κ1) is 15.9. The molecular weight excluding hydrogens is 310 g/mol. The second kappa shape index (κ2) is 7.09. The summed E-state index contributed by atoms with van der Waals surface area (Å²) < 4.78 is 0. The second-order valence-corrected chi connectivity index (χ2v) is 6.35. The van der Waals surface area contributed by atoms with Crippen LogP contribution in [0.4, 0.5) is 5.95 Å². The summed E-state index contributed by atoms with van der Waals surface area (Å²) in [6, 6.07) is 7.74. The summed E-state index contributed by atoms with van der Waals surface area (Å²) in [5.74, 6) is 0.847. The summed E-state index contributed by atoms with van der Waals surface area (Å²) in [6.07, 6.45) is 5.08. The Labute approximate surface area is 141 Å². The molecule has 1 heterocycles. The van der Waals surface area contributed by atoms with Crippen LogP contribution in [0.25, 0.3) is 0 Å². The lowest BCUT2D eigenvalue weighted by molar-refractivity contribution is 0.0962. The second-order valence-electron chi connectivity index (χ2n) is 5.92. The number of rotatable bonds is 5. The standard InChI is InChI=1S/C18H20ClN3O/c1-2-3-7-20-18-21-11-15-16(22-18)9-13(10-17(15)23)12-5-4-6-14(19)8-12/h4-6,8,11,13H,2-3,7,9-10H2,1H3,(H,20,21,22)/t13-/m0/s1. The Balaban J connectivity index is 1.82. The van der Waals surface area contributed by atoms with Crippen LogP contribution in [0.1, 0.15) is 53.7 Å². The van der Waals surface area contributed by atoms with Gasteiger partial charge in [-0.15, -0.1) is 0 Å². The topological polar surface area (TPSA) is 54.9 Å². The van der Waals surface area contributed by atoms with Gasteiger partial charge < -0.3 is 5.32 Å². The first-order valence-corrected chi connectivity index (χ1v) is 8.43. The SMILES string of the molecule is CCCCNc1ncc2c(n1)C[C@H](c1cccc(Cl)c1)CC2=O. The Hall–Kier alpha value is -1.94. The van der Waals surface area contributed by atoms with Crippen molar-refractivity contribution in [1.82, 2.24) is 9.97 Å². The maximum atomic E-state index is 12.4. The molecule has 0 spiro atoms. The number of anilines is 1. The highest BCUT2D eigenvalue weighted by Gasteiger charge is 2.28. The van der Waals surface area contributed by atoms with E-state index in [1.54, 1.807) is 6.20 Å². The van der Waals surface area contributed by atoms with Gasteiger partial charge in [-0.25, -0.2) is 9.97 Å². The quantitative estimate of drug-likeness (QED) is 0.833. The number of benzene rings is 1. The first-order chi connectivity index (χ1) is 11.2. The van der Waals surface area contributed by atoms with E-state index in [0.717, 1.165) is 37.1 Å². The molecule has 120 valence electrons. The van der Waals surface area contributed by atoms with Crippen LogP contribution in [-0.4, -0.2) is 22.3 Å². The zero-order valence-electron chi connectivity index (χ0n) is 13.2. The third-order valence-corrected chi connectivity index (χ3v) is 4.41. The van der Waals surface area contributed by atoms with Crippen molar-refractivity contribution in [2.45, 2.75) is 38.5 Å². The number of carbonyl (C=O) groups excluding carboxylic acids is 1. The van der Waals surface area contributed by atoms with E-state index < -0.39 is 0 Å². The summed E-state index contributed by atoms with van der Waals surface area (Å²) in [5.41, 5.74) is 2.58. The smallest absolute Gasteiger partial charge is 0.222 e. The van der Waals surface area contributed by atoms with Crippen molar-refractivity contribution < 1.29 is 4.79 Å². The first-order valence-electron chi connectivity index (χ1n) is 8.06. The minimum Gasteiger partial charge on any atom is -0.354 e. The fourth-order valence-corrected chi connectivity index (χ4v) is 3.10. The van der Waals surface area contributed by atoms with Crippen LogP contribution < -0.4 is 5.32 Å². The number of nitrogens with zero attached hydrogens (tertiary/aromatic N) is 2. The van der Waals surface area contributed by atoms with Gasteiger partial charge in [0.15, 0.2) is 5.78 Å². The number of carbonyl (C=O) groups is 1. The summed E-state index contributed by atoms with van der Waals surface area (Å²) >= 11 is 6.08. The van der Waals surface area contributed by atoms with Gasteiger partial charge in [0.1, 0.15) is 0 Å². The molecule has 0 saturated heterocycles. The Bertz CT molecular complexity index is 717. The van der Waals surface area contributed by atoms with Gasteiger partial charge in [-0.05, 0) is 36.5 Å². The van der Waals surface area contributed by atoms with Crippen LogP contribution in [-0.2, 0) is 6.42 Å². The van der Waals surface area contributed by atoms with Crippen LogP contribution in [0.2, 0.25) is 5.02 Å². The van der Waals surface area contributed by atoms with Crippen LogP contribution in [0.3, 0.4) is 0 Å². The van der Waals surface area contributed by atoms with Crippen molar-refractivity contribution in [2.75, 3.05) is 11.9 Å². The lowest BCUT2D eigenvalue weighted by atomic mass is 9.82. The monoisotopic (exact) mass is 329 g/mol. The molecule has 1 aliphatic rings. The largest absolute Gasteiger partial charge is 0.354 e. The zero-order valence-corrected chi connectivity index (χ0v) is 13.9. The van der Waals surface area contributed by atoms with Gasteiger partial charge in [0.05, 0.1) is 11.3 Å². The van der Waals surface area contributed by atoms with Crippen LogP contribution in [0, 0.1) is 0 Å². The number of hydrogen-bond donors (Lipinski definition) is 1. The number of fused-ring (bicyclic) bond motifs is 1. The molecule has 0 aliphatic heterocycles. The molecule has 0 radical (unpaired) electrons. The third kappa shape index (κ3) is 3.70. The summed E-state index contributed by atoms with van der Waals surface area (Å²) in [5, 5.41) is 3.92. The highest BCUT2D eigenvalue weighted by Crippen LogP contribution is 2.32. The van der Waals surface area contributed by atoms with Crippen molar-refractivity contribution in [3.63, 3.8) is 0 Å². The van der Waals surface area contributed by atoms with Gasteiger partial charge in [0.25, 0.3) is 0 Å². The van der Waals surface area contributed by atoms with Crippen LogP contribution in [0.5, 0.6) is 0 Å². The number of aromatic nitrogens is 2. The van der Waals surface area contributed by atoms with E-state index >= 15 is 0 Å². The van der Waals surface area contributed by atoms with E-state index in [4.69, 9.17) is 11.6 Å². The van der Waals surface area contributed by atoms with Gasteiger partial charge >= 0.3 is 0 Å². The minimum absolute atomic E-state index is 0.108. The molecule has 4 nitrogen and oxygen atoms in total. The molecule has 0 amide bonds. The molecule has 1 aromatic carbocycles. The third-order valence-electron chi connectivity index (χ3n) is 4.17. The molecule has 0 fully saturated rings. The number of ketones is 1. The average Bonchev–Trinajstić information content (AvgIpc) is 2.55. The Morgan fingerprint density at radius 1 is 1.35 bits per heavy atom. The maximum Gasteiger partial charge on any atom is 0.222 e. The number of unbranched alkanes of at least 4 members (excludes halogenated alkanes) is 1. The van der Waals surface area contributed by atoms with E-state index in [9.17, 15) is 4.79 Å². The van der Waals surface area contributed by atoms with Gasteiger partial charge in [0.2, 0.25) is 5.95 Å². The minimum atomic E-state index is 0.108. The lowest BCUT2D eigenvalue weighted by Gasteiger charge is -2.23. The summed E-state index contributed by atoms with van der Waals surface area (Å²) in [7, 11) is 0. The van der Waals surface area contributed by atoms with E-state index in [2.05, 4.69) is 22.2 Å². The van der Waals surface area contributed by atoms with Crippen molar-refractivity contribution in [2.24, 2.45) is 0 Å². The molecule has 3 rings (SSSR count). The number of halogens is 1. The number of nitrogens with one attached hydrogen (secondary N) is 1. The van der Waals surface area contributed by atoms with Gasteiger partial charge in [-0.2, -0.15) is 0 Å². The van der Waals surface area contributed by atoms with E-state index in [0.29, 0.717) is 23.0 Å². The zero-order chi connectivity index (χ0) is 16.2. The summed E-state index contributed by atoms with van der Waals surface area (Å²) in [6.45, 7) is 2.99.